The van der Waals surface area contributed by atoms with Crippen molar-refractivity contribution in [2.45, 2.75) is 39.7 Å². The summed E-state index contributed by atoms with van der Waals surface area (Å²) in [6.45, 7) is 8.39. The Labute approximate surface area is 119 Å². The van der Waals surface area contributed by atoms with Crippen molar-refractivity contribution in [3.05, 3.63) is 29.8 Å². The Bertz CT molecular complexity index is 565. The van der Waals surface area contributed by atoms with Crippen molar-refractivity contribution in [2.75, 3.05) is 7.05 Å². The van der Waals surface area contributed by atoms with Gasteiger partial charge in [0.2, 0.25) is 11.7 Å². The summed E-state index contributed by atoms with van der Waals surface area (Å²) in [5.74, 6) is 1.82. The maximum absolute atomic E-state index is 5.46. The summed E-state index contributed by atoms with van der Waals surface area (Å²) in [5, 5.41) is 7.33. The number of nitrogens with one attached hydrogen (secondary N) is 1. The molecule has 0 bridgehead atoms. The van der Waals surface area contributed by atoms with E-state index in [1.165, 1.54) is 0 Å². The third kappa shape index (κ3) is 3.04. The second-order valence-corrected chi connectivity index (χ2v) is 5.47. The summed E-state index contributed by atoms with van der Waals surface area (Å²) in [4.78, 5) is 8.96. The van der Waals surface area contributed by atoms with Crippen LogP contribution in [0.5, 0.6) is 0 Å². The fourth-order valence-electron chi connectivity index (χ4n) is 2.40. The van der Waals surface area contributed by atoms with Crippen LogP contribution in [-0.2, 0) is 0 Å². The fraction of sp³-hybridized carbons (Fsp3) is 0.533. The van der Waals surface area contributed by atoms with E-state index in [-0.39, 0.29) is 12.0 Å². The minimum absolute atomic E-state index is 0.186. The van der Waals surface area contributed by atoms with Gasteiger partial charge in [0, 0.05) is 11.7 Å². The normalized spacial score (nSPS) is 14.5. The Hall–Kier alpha value is -1.75. The van der Waals surface area contributed by atoms with Crippen LogP contribution in [0.4, 0.5) is 0 Å². The molecule has 0 aliphatic heterocycles. The van der Waals surface area contributed by atoms with Crippen molar-refractivity contribution in [2.24, 2.45) is 5.92 Å². The number of aromatic nitrogens is 3. The molecule has 1 N–H and O–H groups in total. The third-order valence-electron chi connectivity index (χ3n) is 3.56. The van der Waals surface area contributed by atoms with Crippen LogP contribution < -0.4 is 5.32 Å². The zero-order valence-corrected chi connectivity index (χ0v) is 12.7. The SMILES string of the molecule is CNC(C)C(c1nc(-c2cccc(C)n2)no1)C(C)C. The summed E-state index contributed by atoms with van der Waals surface area (Å²) in [6.07, 6.45) is 0. The van der Waals surface area contributed by atoms with Crippen molar-refractivity contribution in [3.8, 4) is 11.5 Å². The van der Waals surface area contributed by atoms with Gasteiger partial charge in [-0.25, -0.2) is 4.98 Å². The van der Waals surface area contributed by atoms with Gasteiger partial charge in [0.1, 0.15) is 5.69 Å². The molecule has 0 fully saturated rings. The van der Waals surface area contributed by atoms with Gasteiger partial charge in [0.15, 0.2) is 0 Å². The Balaban J connectivity index is 2.32. The largest absolute Gasteiger partial charge is 0.339 e. The lowest BCUT2D eigenvalue weighted by molar-refractivity contribution is 0.286. The summed E-state index contributed by atoms with van der Waals surface area (Å²) in [7, 11) is 1.94. The van der Waals surface area contributed by atoms with Crippen molar-refractivity contribution >= 4 is 0 Å². The molecule has 2 aromatic rings. The fourth-order valence-corrected chi connectivity index (χ4v) is 2.40. The summed E-state index contributed by atoms with van der Waals surface area (Å²) in [6, 6.07) is 6.07. The van der Waals surface area contributed by atoms with E-state index in [1.54, 1.807) is 0 Å². The molecule has 0 aliphatic rings. The number of rotatable bonds is 5. The summed E-state index contributed by atoms with van der Waals surface area (Å²) < 4.78 is 5.46. The Morgan fingerprint density at radius 1 is 1.15 bits per heavy atom. The van der Waals surface area contributed by atoms with Gasteiger partial charge in [-0.2, -0.15) is 4.98 Å². The Morgan fingerprint density at radius 2 is 1.90 bits per heavy atom. The zero-order chi connectivity index (χ0) is 14.7. The van der Waals surface area contributed by atoms with Crippen LogP contribution in [0.15, 0.2) is 22.7 Å². The smallest absolute Gasteiger partial charge is 0.231 e. The predicted octanol–water partition coefficient (Wildman–Crippen LogP) is 2.79. The number of likely N-dealkylation sites (N-methyl/N-ethyl adjacent to an activating group) is 1. The van der Waals surface area contributed by atoms with Gasteiger partial charge in [-0.3, -0.25) is 0 Å². The summed E-state index contributed by atoms with van der Waals surface area (Å²) >= 11 is 0. The zero-order valence-electron chi connectivity index (χ0n) is 12.7. The van der Waals surface area contributed by atoms with Crippen molar-refractivity contribution < 1.29 is 4.52 Å². The molecule has 0 aliphatic carbocycles. The Morgan fingerprint density at radius 3 is 2.50 bits per heavy atom. The van der Waals surface area contributed by atoms with Gasteiger partial charge in [-0.05, 0) is 38.9 Å². The highest BCUT2D eigenvalue weighted by molar-refractivity contribution is 5.48. The first-order chi connectivity index (χ1) is 9.52. The van der Waals surface area contributed by atoms with E-state index < -0.39 is 0 Å². The minimum atomic E-state index is 0.186. The van der Waals surface area contributed by atoms with Crippen molar-refractivity contribution in [3.63, 3.8) is 0 Å². The predicted molar refractivity (Wildman–Crippen MR) is 78.4 cm³/mol. The standard InChI is InChI=1S/C15H22N4O/c1-9(2)13(11(4)16-5)15-18-14(19-20-15)12-8-6-7-10(3)17-12/h6-9,11,13,16H,1-5H3. The van der Waals surface area contributed by atoms with Gasteiger partial charge >= 0.3 is 0 Å². The molecule has 2 aromatic heterocycles. The molecule has 5 heteroatoms. The average Bonchev–Trinajstić information content (AvgIpc) is 2.87. The highest BCUT2D eigenvalue weighted by Crippen LogP contribution is 2.28. The monoisotopic (exact) mass is 274 g/mol. The average molecular weight is 274 g/mol. The van der Waals surface area contributed by atoms with Crippen LogP contribution in [0.2, 0.25) is 0 Å². The molecule has 0 radical (unpaired) electrons. The number of nitrogens with zero attached hydrogens (tertiary/aromatic N) is 3. The second kappa shape index (κ2) is 6.13. The minimum Gasteiger partial charge on any atom is -0.339 e. The topological polar surface area (TPSA) is 63.8 Å². The quantitative estimate of drug-likeness (QED) is 0.908. The molecular weight excluding hydrogens is 252 g/mol. The van der Waals surface area contributed by atoms with Crippen molar-refractivity contribution in [1.82, 2.24) is 20.4 Å². The van der Waals surface area contributed by atoms with E-state index in [1.807, 2.05) is 32.2 Å². The van der Waals surface area contributed by atoms with Gasteiger partial charge in [-0.15, -0.1) is 0 Å². The van der Waals surface area contributed by atoms with Gasteiger partial charge in [0.05, 0.1) is 5.92 Å². The summed E-state index contributed by atoms with van der Waals surface area (Å²) in [5.41, 5.74) is 1.69. The van der Waals surface area contributed by atoms with E-state index in [2.05, 4.69) is 41.2 Å². The number of aryl methyl sites for hydroxylation is 1. The maximum atomic E-state index is 5.46. The first kappa shape index (κ1) is 14.7. The van der Waals surface area contributed by atoms with Crippen LogP contribution in [0, 0.1) is 12.8 Å². The number of hydrogen-bond acceptors (Lipinski definition) is 5. The first-order valence-electron chi connectivity index (χ1n) is 6.97. The lowest BCUT2D eigenvalue weighted by atomic mass is 9.89. The van der Waals surface area contributed by atoms with Gasteiger partial charge in [0.25, 0.3) is 0 Å². The highest BCUT2D eigenvalue weighted by atomic mass is 16.5. The number of hydrogen-bond donors (Lipinski definition) is 1. The second-order valence-electron chi connectivity index (χ2n) is 5.47. The van der Waals surface area contributed by atoms with E-state index in [4.69, 9.17) is 4.52 Å². The lowest BCUT2D eigenvalue weighted by Gasteiger charge is -2.23. The molecular formula is C15H22N4O. The maximum Gasteiger partial charge on any atom is 0.231 e. The molecule has 108 valence electrons. The molecule has 2 rings (SSSR count). The van der Waals surface area contributed by atoms with Crippen LogP contribution in [0.3, 0.4) is 0 Å². The van der Waals surface area contributed by atoms with Gasteiger partial charge in [-0.1, -0.05) is 25.1 Å². The molecule has 5 nitrogen and oxygen atoms in total. The van der Waals surface area contributed by atoms with E-state index in [0.29, 0.717) is 17.6 Å². The lowest BCUT2D eigenvalue weighted by Crippen LogP contribution is -2.32. The Kier molecular flexibility index (Phi) is 4.49. The first-order valence-corrected chi connectivity index (χ1v) is 6.97. The molecule has 0 amide bonds. The molecule has 20 heavy (non-hydrogen) atoms. The van der Waals surface area contributed by atoms with Crippen LogP contribution in [0.25, 0.3) is 11.5 Å². The van der Waals surface area contributed by atoms with Gasteiger partial charge < -0.3 is 9.84 Å². The number of pyridine rings is 1. The van der Waals surface area contributed by atoms with E-state index >= 15 is 0 Å². The molecule has 2 unspecified atom stereocenters. The van der Waals surface area contributed by atoms with E-state index in [9.17, 15) is 0 Å². The van der Waals surface area contributed by atoms with Crippen LogP contribution in [-0.4, -0.2) is 28.2 Å². The molecule has 0 saturated heterocycles. The van der Waals surface area contributed by atoms with Crippen LogP contribution >= 0.6 is 0 Å². The molecule has 2 heterocycles. The van der Waals surface area contributed by atoms with Crippen LogP contribution in [0.1, 0.15) is 38.3 Å². The molecule has 0 spiro atoms. The van der Waals surface area contributed by atoms with E-state index in [0.717, 1.165) is 11.4 Å². The third-order valence-corrected chi connectivity index (χ3v) is 3.56. The molecule has 0 saturated carbocycles. The highest BCUT2D eigenvalue weighted by Gasteiger charge is 2.27. The van der Waals surface area contributed by atoms with Crippen molar-refractivity contribution in [1.29, 1.82) is 0 Å². The molecule has 2 atom stereocenters. The molecule has 0 aromatic carbocycles.